The average molecular weight is 347 g/mol. The van der Waals surface area contributed by atoms with Crippen LogP contribution in [0.3, 0.4) is 0 Å². The van der Waals surface area contributed by atoms with E-state index in [-0.39, 0.29) is 37.7 Å². The van der Waals surface area contributed by atoms with Gasteiger partial charge >= 0.3 is 0 Å². The van der Waals surface area contributed by atoms with Crippen molar-refractivity contribution in [3.05, 3.63) is 29.8 Å². The fourth-order valence-corrected chi connectivity index (χ4v) is 2.69. The third kappa shape index (κ3) is 6.10. The van der Waals surface area contributed by atoms with Crippen molar-refractivity contribution in [1.82, 2.24) is 9.80 Å². The van der Waals surface area contributed by atoms with Gasteiger partial charge < -0.3 is 24.4 Å². The zero-order valence-corrected chi connectivity index (χ0v) is 14.4. The van der Waals surface area contributed by atoms with Gasteiger partial charge in [-0.05, 0) is 37.5 Å². The maximum atomic E-state index is 12.2. The fraction of sp³-hybridized carbons (Fsp3) is 0.500. The van der Waals surface area contributed by atoms with Gasteiger partial charge in [0.15, 0.2) is 6.61 Å². The van der Waals surface area contributed by atoms with Crippen LogP contribution in [0.15, 0.2) is 24.3 Å². The Morgan fingerprint density at radius 2 is 1.68 bits per heavy atom. The van der Waals surface area contributed by atoms with E-state index in [9.17, 15) is 19.5 Å². The number of aliphatic carboxylic acids is 1. The minimum absolute atomic E-state index is 0.0248. The van der Waals surface area contributed by atoms with Gasteiger partial charge in [0.2, 0.25) is 5.91 Å². The number of hydrogen-bond acceptors (Lipinski definition) is 5. The summed E-state index contributed by atoms with van der Waals surface area (Å²) in [6.45, 7) is 3.77. The zero-order valence-electron chi connectivity index (χ0n) is 14.4. The molecular weight excluding hydrogens is 324 g/mol. The minimum atomic E-state index is -1.14. The van der Waals surface area contributed by atoms with E-state index in [1.165, 1.54) is 0 Å². The summed E-state index contributed by atoms with van der Waals surface area (Å²) in [6, 6.07) is 7.51. The topological polar surface area (TPSA) is 90.0 Å². The average Bonchev–Trinajstić information content (AvgIpc) is 2.59. The Morgan fingerprint density at radius 1 is 1.04 bits per heavy atom. The third-order valence-electron chi connectivity index (χ3n) is 4.11. The lowest BCUT2D eigenvalue weighted by atomic mass is 10.2. The van der Waals surface area contributed by atoms with Crippen molar-refractivity contribution < 1.29 is 24.2 Å². The summed E-state index contributed by atoms with van der Waals surface area (Å²) in [7, 11) is 0. The third-order valence-corrected chi connectivity index (χ3v) is 4.11. The molecule has 0 spiro atoms. The summed E-state index contributed by atoms with van der Waals surface area (Å²) < 4.78 is 5.52. The molecule has 1 saturated heterocycles. The molecule has 1 aliphatic heterocycles. The number of aryl methyl sites for hydroxylation is 1. The van der Waals surface area contributed by atoms with Crippen LogP contribution in [0.4, 0.5) is 0 Å². The molecule has 25 heavy (non-hydrogen) atoms. The van der Waals surface area contributed by atoms with Crippen LogP contribution >= 0.6 is 0 Å². The highest BCUT2D eigenvalue weighted by atomic mass is 16.5. The van der Waals surface area contributed by atoms with Crippen molar-refractivity contribution >= 4 is 17.8 Å². The first kappa shape index (κ1) is 18.8. The number of ether oxygens (including phenoxy) is 1. The predicted molar refractivity (Wildman–Crippen MR) is 88.7 cm³/mol. The first-order valence-corrected chi connectivity index (χ1v) is 8.40. The molecule has 1 fully saturated rings. The highest BCUT2D eigenvalue weighted by Crippen LogP contribution is 2.13. The van der Waals surface area contributed by atoms with E-state index >= 15 is 0 Å². The van der Waals surface area contributed by atoms with Gasteiger partial charge in [-0.25, -0.2) is 0 Å². The molecule has 0 bridgehead atoms. The summed E-state index contributed by atoms with van der Waals surface area (Å²) in [6.07, 6.45) is 0.365. The lowest BCUT2D eigenvalue weighted by Crippen LogP contribution is -2.51. The molecule has 0 aliphatic carbocycles. The number of carbonyl (C=O) groups is 3. The number of hydrogen-bond donors (Lipinski definition) is 0. The predicted octanol–water partition coefficient (Wildman–Crippen LogP) is -0.0352. The summed E-state index contributed by atoms with van der Waals surface area (Å²) in [5.74, 6) is -0.665. The van der Waals surface area contributed by atoms with Gasteiger partial charge in [0.1, 0.15) is 5.75 Å². The maximum Gasteiger partial charge on any atom is 0.260 e. The largest absolute Gasteiger partial charge is 0.550 e. The molecule has 0 unspecified atom stereocenters. The number of amides is 2. The van der Waals surface area contributed by atoms with Crippen molar-refractivity contribution in [2.45, 2.75) is 26.2 Å². The quantitative estimate of drug-likeness (QED) is 0.691. The Hall–Kier alpha value is -2.57. The number of piperazine rings is 1. The number of carbonyl (C=O) groups excluding carboxylic acids is 3. The van der Waals surface area contributed by atoms with E-state index in [1.807, 2.05) is 31.2 Å². The Bertz CT molecular complexity index is 624. The summed E-state index contributed by atoms with van der Waals surface area (Å²) in [4.78, 5) is 37.9. The van der Waals surface area contributed by atoms with E-state index in [4.69, 9.17) is 4.74 Å². The Balaban J connectivity index is 1.71. The minimum Gasteiger partial charge on any atom is -0.550 e. The number of rotatable bonds is 7. The molecule has 0 N–H and O–H groups in total. The van der Waals surface area contributed by atoms with Crippen LogP contribution < -0.4 is 9.84 Å². The standard InChI is InChI=1S/C18H24N2O5/c1-14-4-2-5-15(12-14)25-13-17(22)20-10-8-19(9-11-20)16(21)6-3-7-18(23)24/h2,4-5,12H,3,6-11,13H2,1H3,(H,23,24)/p-1. The zero-order chi connectivity index (χ0) is 18.2. The van der Waals surface area contributed by atoms with Crippen molar-refractivity contribution in [3.63, 3.8) is 0 Å². The van der Waals surface area contributed by atoms with Crippen LogP contribution in [0, 0.1) is 6.92 Å². The smallest absolute Gasteiger partial charge is 0.260 e. The van der Waals surface area contributed by atoms with Crippen molar-refractivity contribution in [1.29, 1.82) is 0 Å². The lowest BCUT2D eigenvalue weighted by Gasteiger charge is -2.34. The SMILES string of the molecule is Cc1cccc(OCC(=O)N2CCN(C(=O)CCCC(=O)[O-])CC2)c1. The fourth-order valence-electron chi connectivity index (χ4n) is 2.69. The van der Waals surface area contributed by atoms with Crippen LogP contribution in [0.25, 0.3) is 0 Å². The van der Waals surface area contributed by atoms with Crippen LogP contribution in [-0.2, 0) is 14.4 Å². The van der Waals surface area contributed by atoms with Crippen molar-refractivity contribution in [2.75, 3.05) is 32.8 Å². The maximum absolute atomic E-state index is 12.2. The summed E-state index contributed by atoms with van der Waals surface area (Å²) >= 11 is 0. The molecule has 1 aliphatic rings. The highest BCUT2D eigenvalue weighted by molar-refractivity contribution is 5.79. The van der Waals surface area contributed by atoms with Gasteiger partial charge in [-0.2, -0.15) is 0 Å². The van der Waals surface area contributed by atoms with Gasteiger partial charge in [0, 0.05) is 38.6 Å². The van der Waals surface area contributed by atoms with Crippen molar-refractivity contribution in [3.8, 4) is 5.75 Å². The number of carboxylic acid groups (broad SMARTS) is 1. The molecule has 0 saturated carbocycles. The molecule has 0 aromatic heterocycles. The number of benzene rings is 1. The molecule has 1 aromatic carbocycles. The van der Waals surface area contributed by atoms with E-state index in [2.05, 4.69) is 0 Å². The molecule has 136 valence electrons. The monoisotopic (exact) mass is 347 g/mol. The first-order chi connectivity index (χ1) is 12.0. The van der Waals surface area contributed by atoms with E-state index < -0.39 is 5.97 Å². The molecule has 2 rings (SSSR count). The lowest BCUT2D eigenvalue weighted by molar-refractivity contribution is -0.305. The Kier molecular flexibility index (Phi) is 6.80. The molecule has 0 radical (unpaired) electrons. The van der Waals surface area contributed by atoms with Crippen LogP contribution in [0.5, 0.6) is 5.75 Å². The Morgan fingerprint density at radius 3 is 2.28 bits per heavy atom. The molecule has 1 heterocycles. The van der Waals surface area contributed by atoms with E-state index in [1.54, 1.807) is 9.80 Å². The highest BCUT2D eigenvalue weighted by Gasteiger charge is 2.24. The number of nitrogens with zero attached hydrogens (tertiary/aromatic N) is 2. The van der Waals surface area contributed by atoms with Gasteiger partial charge in [0.25, 0.3) is 5.91 Å². The van der Waals surface area contributed by atoms with Crippen LogP contribution in [0.1, 0.15) is 24.8 Å². The number of carboxylic acids is 1. The Labute approximate surface area is 147 Å². The molecule has 7 heteroatoms. The van der Waals surface area contributed by atoms with Crippen LogP contribution in [0.2, 0.25) is 0 Å². The van der Waals surface area contributed by atoms with E-state index in [0.29, 0.717) is 31.9 Å². The van der Waals surface area contributed by atoms with Crippen molar-refractivity contribution in [2.24, 2.45) is 0 Å². The van der Waals surface area contributed by atoms with Gasteiger partial charge in [-0.1, -0.05) is 12.1 Å². The first-order valence-electron chi connectivity index (χ1n) is 8.40. The molecule has 0 atom stereocenters. The second-order valence-corrected chi connectivity index (χ2v) is 6.09. The van der Waals surface area contributed by atoms with Gasteiger partial charge in [-0.3, -0.25) is 9.59 Å². The van der Waals surface area contributed by atoms with Gasteiger partial charge in [-0.15, -0.1) is 0 Å². The molecule has 2 amide bonds. The van der Waals surface area contributed by atoms with E-state index in [0.717, 1.165) is 5.56 Å². The second kappa shape index (κ2) is 9.05. The molecule has 7 nitrogen and oxygen atoms in total. The summed E-state index contributed by atoms with van der Waals surface area (Å²) in [5, 5.41) is 10.4. The molecular formula is C18H23N2O5-. The van der Waals surface area contributed by atoms with Crippen LogP contribution in [-0.4, -0.2) is 60.4 Å². The normalized spacial score (nSPS) is 14.3. The van der Waals surface area contributed by atoms with Gasteiger partial charge in [0.05, 0.1) is 0 Å². The molecule has 1 aromatic rings. The second-order valence-electron chi connectivity index (χ2n) is 6.09. The summed E-state index contributed by atoms with van der Waals surface area (Å²) in [5.41, 5.74) is 1.07.